The smallest absolute Gasteiger partial charge is 0.189 e. The molecule has 2 rings (SSSR count). The van der Waals surface area contributed by atoms with Crippen LogP contribution < -0.4 is 0 Å². The van der Waals surface area contributed by atoms with Gasteiger partial charge in [0.1, 0.15) is 30.5 Å². The fourth-order valence-electron chi connectivity index (χ4n) is 2.28. The van der Waals surface area contributed by atoms with Crippen molar-refractivity contribution in [3.63, 3.8) is 0 Å². The van der Waals surface area contributed by atoms with E-state index >= 15 is 0 Å². The first-order valence-corrected chi connectivity index (χ1v) is 6.19. The second-order valence-electron chi connectivity index (χ2n) is 4.95. The van der Waals surface area contributed by atoms with Crippen LogP contribution >= 0.6 is 0 Å². The molecular weight excluding hydrogens is 270 g/mol. The third kappa shape index (κ3) is 2.70. The highest BCUT2D eigenvalue weighted by atomic mass is 16.7. The van der Waals surface area contributed by atoms with Crippen molar-refractivity contribution in [3.8, 4) is 6.07 Å². The van der Waals surface area contributed by atoms with E-state index in [1.807, 2.05) is 6.07 Å². The molecule has 0 spiro atoms. The minimum absolute atomic E-state index is 0.0292. The average molecular weight is 287 g/mol. The van der Waals surface area contributed by atoms with Gasteiger partial charge in [-0.1, -0.05) is 6.08 Å². The topological polar surface area (TPSA) is 143 Å². The maximum atomic E-state index is 9.82. The van der Waals surface area contributed by atoms with Crippen LogP contribution in [0.15, 0.2) is 12.2 Å². The molecule has 1 aliphatic carbocycles. The highest BCUT2D eigenvalue weighted by molar-refractivity contribution is 5.24. The molecule has 0 amide bonds. The van der Waals surface area contributed by atoms with E-state index in [2.05, 4.69) is 0 Å². The normalized spacial score (nSPS) is 48.2. The summed E-state index contributed by atoms with van der Waals surface area (Å²) in [5, 5.41) is 56.7. The summed E-state index contributed by atoms with van der Waals surface area (Å²) in [5.41, 5.74) is -1.48. The molecule has 1 heterocycles. The Bertz CT molecular complexity index is 421. The molecule has 0 aromatic rings. The second-order valence-corrected chi connectivity index (χ2v) is 4.95. The number of nitriles is 1. The van der Waals surface area contributed by atoms with Gasteiger partial charge in [0.25, 0.3) is 0 Å². The number of nitrogens with zero attached hydrogens (tertiary/aromatic N) is 1. The van der Waals surface area contributed by atoms with Crippen molar-refractivity contribution < 1.29 is 35.0 Å². The van der Waals surface area contributed by atoms with Gasteiger partial charge in [-0.15, -0.1) is 0 Å². The maximum Gasteiger partial charge on any atom is 0.189 e. The predicted molar refractivity (Wildman–Crippen MR) is 63.0 cm³/mol. The Hall–Kier alpha value is -1.05. The van der Waals surface area contributed by atoms with Gasteiger partial charge in [-0.25, -0.2) is 0 Å². The van der Waals surface area contributed by atoms with Gasteiger partial charge in [-0.05, 0) is 6.08 Å². The van der Waals surface area contributed by atoms with Crippen molar-refractivity contribution in [2.45, 2.75) is 48.8 Å². The molecule has 1 saturated heterocycles. The molecule has 0 aromatic carbocycles. The molecule has 1 fully saturated rings. The number of ether oxygens (including phenoxy) is 2. The van der Waals surface area contributed by atoms with Crippen molar-refractivity contribution in [3.05, 3.63) is 12.2 Å². The Morgan fingerprint density at radius 1 is 1.25 bits per heavy atom. The minimum Gasteiger partial charge on any atom is -0.394 e. The highest BCUT2D eigenvalue weighted by Crippen LogP contribution is 2.32. The van der Waals surface area contributed by atoms with E-state index in [-0.39, 0.29) is 6.42 Å². The number of aliphatic hydroxyl groups excluding tert-OH is 5. The molecule has 8 heteroatoms. The lowest BCUT2D eigenvalue weighted by Crippen LogP contribution is -2.60. The van der Waals surface area contributed by atoms with Crippen LogP contribution in [0.3, 0.4) is 0 Å². The van der Waals surface area contributed by atoms with Crippen molar-refractivity contribution in [2.75, 3.05) is 6.61 Å². The van der Waals surface area contributed by atoms with Gasteiger partial charge in [0.05, 0.1) is 12.7 Å². The summed E-state index contributed by atoms with van der Waals surface area (Å²) >= 11 is 0. The van der Waals surface area contributed by atoms with E-state index in [0.717, 1.165) is 0 Å². The van der Waals surface area contributed by atoms with Gasteiger partial charge in [-0.3, -0.25) is 0 Å². The van der Waals surface area contributed by atoms with Crippen LogP contribution in [0.5, 0.6) is 0 Å². The van der Waals surface area contributed by atoms with Gasteiger partial charge >= 0.3 is 0 Å². The van der Waals surface area contributed by atoms with Crippen LogP contribution in [0.1, 0.15) is 6.42 Å². The Kier molecular flexibility index (Phi) is 4.41. The molecule has 0 unspecified atom stereocenters. The summed E-state index contributed by atoms with van der Waals surface area (Å²) in [6, 6.07) is 1.87. The van der Waals surface area contributed by atoms with Crippen LogP contribution in [-0.4, -0.2) is 74.6 Å². The zero-order valence-corrected chi connectivity index (χ0v) is 10.5. The summed E-state index contributed by atoms with van der Waals surface area (Å²) < 4.78 is 10.5. The predicted octanol–water partition coefficient (Wildman–Crippen LogP) is -2.61. The van der Waals surface area contributed by atoms with Crippen molar-refractivity contribution in [1.29, 1.82) is 5.26 Å². The van der Waals surface area contributed by atoms with E-state index in [4.69, 9.17) is 19.8 Å². The Morgan fingerprint density at radius 3 is 2.45 bits per heavy atom. The summed E-state index contributed by atoms with van der Waals surface area (Å²) in [7, 11) is 0. The van der Waals surface area contributed by atoms with Gasteiger partial charge in [0, 0.05) is 6.42 Å². The highest BCUT2D eigenvalue weighted by Gasteiger charge is 2.48. The monoisotopic (exact) mass is 287 g/mol. The largest absolute Gasteiger partial charge is 0.394 e. The van der Waals surface area contributed by atoms with E-state index in [0.29, 0.717) is 0 Å². The molecule has 0 saturated carbocycles. The summed E-state index contributed by atoms with van der Waals surface area (Å²) in [6.45, 7) is -0.581. The second kappa shape index (κ2) is 5.75. The molecule has 112 valence electrons. The third-order valence-corrected chi connectivity index (χ3v) is 3.46. The standard InChI is InChI=1S/C12H17NO7/c13-5-12(2-1-6(15)3-12)20-11-10(18)9(17)8(16)7(4-14)19-11/h1-2,6-11,14-18H,3-4H2/t6-,7-,8+,9-,10+,11+,12-/m0/s1. The average Bonchev–Trinajstić information content (AvgIpc) is 2.81. The lowest BCUT2D eigenvalue weighted by Gasteiger charge is -2.41. The molecule has 1 aliphatic heterocycles. The van der Waals surface area contributed by atoms with Gasteiger partial charge < -0.3 is 35.0 Å². The van der Waals surface area contributed by atoms with Crippen LogP contribution in [-0.2, 0) is 9.47 Å². The lowest BCUT2D eigenvalue weighted by molar-refractivity contribution is -0.315. The molecule has 2 aliphatic rings. The van der Waals surface area contributed by atoms with Gasteiger partial charge in [-0.2, -0.15) is 5.26 Å². The summed E-state index contributed by atoms with van der Waals surface area (Å²) in [4.78, 5) is 0. The quantitative estimate of drug-likeness (QED) is 0.355. The van der Waals surface area contributed by atoms with Crippen LogP contribution in [0.2, 0.25) is 0 Å². The SMILES string of the molecule is N#C[C@]1(O[C@H]2O[C@@H](CO)[C@@H](O)[C@H](O)[C@H]2O)C=C[C@H](O)C1. The molecule has 8 nitrogen and oxygen atoms in total. The van der Waals surface area contributed by atoms with E-state index in [9.17, 15) is 20.4 Å². The fraction of sp³-hybridized carbons (Fsp3) is 0.750. The first kappa shape index (κ1) is 15.3. The van der Waals surface area contributed by atoms with Gasteiger partial charge in [0.15, 0.2) is 11.9 Å². The molecule has 0 aromatic heterocycles. The Morgan fingerprint density at radius 2 is 1.95 bits per heavy atom. The number of hydrogen-bond acceptors (Lipinski definition) is 8. The van der Waals surface area contributed by atoms with Crippen LogP contribution in [0.25, 0.3) is 0 Å². The number of hydrogen-bond donors (Lipinski definition) is 5. The van der Waals surface area contributed by atoms with Crippen molar-refractivity contribution >= 4 is 0 Å². The zero-order chi connectivity index (χ0) is 14.9. The molecule has 0 radical (unpaired) electrons. The molecule has 7 atom stereocenters. The fourth-order valence-corrected chi connectivity index (χ4v) is 2.28. The van der Waals surface area contributed by atoms with E-state index in [1.54, 1.807) is 0 Å². The summed E-state index contributed by atoms with van der Waals surface area (Å²) in [5.74, 6) is 0. The van der Waals surface area contributed by atoms with E-state index in [1.165, 1.54) is 12.2 Å². The van der Waals surface area contributed by atoms with E-state index < -0.39 is 49.0 Å². The summed E-state index contributed by atoms with van der Waals surface area (Å²) in [6.07, 6.45) is -5.30. The molecule has 0 bridgehead atoms. The van der Waals surface area contributed by atoms with Gasteiger partial charge in [0.2, 0.25) is 0 Å². The number of aliphatic hydroxyl groups is 5. The molecule has 5 N–H and O–H groups in total. The Labute approximate surface area is 115 Å². The van der Waals surface area contributed by atoms with Crippen molar-refractivity contribution in [1.82, 2.24) is 0 Å². The minimum atomic E-state index is -1.58. The van der Waals surface area contributed by atoms with Crippen LogP contribution in [0.4, 0.5) is 0 Å². The third-order valence-electron chi connectivity index (χ3n) is 3.46. The number of rotatable bonds is 3. The molecule has 20 heavy (non-hydrogen) atoms. The first-order valence-electron chi connectivity index (χ1n) is 6.19. The zero-order valence-electron chi connectivity index (χ0n) is 10.5. The molecular formula is C12H17NO7. The first-order chi connectivity index (χ1) is 9.42. The lowest BCUT2D eigenvalue weighted by atomic mass is 9.98. The Balaban J connectivity index is 2.12. The maximum absolute atomic E-state index is 9.82. The van der Waals surface area contributed by atoms with Crippen LogP contribution in [0, 0.1) is 11.3 Å². The van der Waals surface area contributed by atoms with Crippen molar-refractivity contribution in [2.24, 2.45) is 0 Å².